The summed E-state index contributed by atoms with van der Waals surface area (Å²) in [5, 5.41) is 0. The van der Waals surface area contributed by atoms with Crippen LogP contribution in [-0.2, 0) is 20.7 Å². The number of hydrogen-bond acceptors (Lipinski definition) is 4. The zero-order valence-electron chi connectivity index (χ0n) is 14.2. The number of carbonyl (C=O) groups is 1. The van der Waals surface area contributed by atoms with E-state index < -0.39 is 0 Å². The lowest BCUT2D eigenvalue weighted by Gasteiger charge is -2.30. The molecule has 0 amide bonds. The Morgan fingerprint density at radius 2 is 1.91 bits per heavy atom. The summed E-state index contributed by atoms with van der Waals surface area (Å²) in [6, 6.07) is 10.4. The van der Waals surface area contributed by atoms with Crippen LogP contribution in [0.3, 0.4) is 0 Å². The first-order chi connectivity index (χ1) is 11.3. The first kappa shape index (κ1) is 18.0. The molecule has 0 bridgehead atoms. The van der Waals surface area contributed by atoms with E-state index in [0.717, 1.165) is 58.5 Å². The number of ether oxygens (including phenoxy) is 2. The number of nitrogens with zero attached hydrogens (tertiary/aromatic N) is 1. The van der Waals surface area contributed by atoms with Gasteiger partial charge < -0.3 is 14.4 Å². The maximum absolute atomic E-state index is 11.7. The van der Waals surface area contributed by atoms with Crippen LogP contribution < -0.4 is 0 Å². The van der Waals surface area contributed by atoms with Crippen molar-refractivity contribution < 1.29 is 14.3 Å². The lowest BCUT2D eigenvalue weighted by molar-refractivity contribution is -0.149. The number of rotatable bonds is 9. The predicted octanol–water partition coefficient (Wildman–Crippen LogP) is 2.91. The Hall–Kier alpha value is -1.39. The minimum absolute atomic E-state index is 0.0172. The van der Waals surface area contributed by atoms with Crippen molar-refractivity contribution in [3.8, 4) is 0 Å². The van der Waals surface area contributed by atoms with Crippen molar-refractivity contribution in [1.29, 1.82) is 0 Å². The van der Waals surface area contributed by atoms with Crippen molar-refractivity contribution in [2.24, 2.45) is 5.92 Å². The van der Waals surface area contributed by atoms with Crippen molar-refractivity contribution in [1.82, 2.24) is 4.90 Å². The summed E-state index contributed by atoms with van der Waals surface area (Å²) in [7, 11) is 0. The van der Waals surface area contributed by atoms with Crippen LogP contribution in [0.5, 0.6) is 0 Å². The third-order valence-corrected chi connectivity index (χ3v) is 4.35. The van der Waals surface area contributed by atoms with Crippen LogP contribution >= 0.6 is 0 Å². The van der Waals surface area contributed by atoms with Crippen molar-refractivity contribution in [2.45, 2.75) is 32.6 Å². The molecule has 0 aliphatic carbocycles. The third kappa shape index (κ3) is 6.71. The molecule has 0 unspecified atom stereocenters. The van der Waals surface area contributed by atoms with Crippen molar-refractivity contribution in [3.63, 3.8) is 0 Å². The predicted molar refractivity (Wildman–Crippen MR) is 91.4 cm³/mol. The van der Waals surface area contributed by atoms with Crippen molar-refractivity contribution in [3.05, 3.63) is 35.9 Å². The lowest BCUT2D eigenvalue weighted by atomic mass is 9.97. The summed E-state index contributed by atoms with van der Waals surface area (Å²) in [5.74, 6) is 0.0877. The number of carbonyl (C=O) groups excluding carboxylic acids is 1. The molecule has 0 saturated carbocycles. The molecule has 128 valence electrons. The van der Waals surface area contributed by atoms with Crippen molar-refractivity contribution >= 4 is 5.97 Å². The number of benzene rings is 1. The fraction of sp³-hybridized carbons (Fsp3) is 0.632. The third-order valence-electron chi connectivity index (χ3n) is 4.35. The highest BCUT2D eigenvalue weighted by atomic mass is 16.5. The highest BCUT2D eigenvalue weighted by Crippen LogP contribution is 2.18. The number of likely N-dealkylation sites (tertiary alicyclic amines) is 1. The summed E-state index contributed by atoms with van der Waals surface area (Å²) in [5.41, 5.74) is 1.33. The van der Waals surface area contributed by atoms with Gasteiger partial charge in [-0.25, -0.2) is 0 Å². The monoisotopic (exact) mass is 319 g/mol. The van der Waals surface area contributed by atoms with Gasteiger partial charge in [-0.05, 0) is 51.3 Å². The van der Waals surface area contributed by atoms with E-state index in [-0.39, 0.29) is 11.9 Å². The molecule has 0 aromatic heterocycles. The Labute approximate surface area is 139 Å². The smallest absolute Gasteiger partial charge is 0.309 e. The number of hydrogen-bond donors (Lipinski definition) is 0. The van der Waals surface area contributed by atoms with Crippen LogP contribution in [0.25, 0.3) is 0 Å². The van der Waals surface area contributed by atoms with Gasteiger partial charge in [0.2, 0.25) is 0 Å². The van der Waals surface area contributed by atoms with Gasteiger partial charge in [-0.1, -0.05) is 30.3 Å². The Morgan fingerprint density at radius 1 is 1.17 bits per heavy atom. The van der Waals surface area contributed by atoms with Gasteiger partial charge in [0.05, 0.1) is 19.1 Å². The molecule has 1 aromatic rings. The Bertz CT molecular complexity index is 441. The topological polar surface area (TPSA) is 38.8 Å². The van der Waals surface area contributed by atoms with E-state index in [2.05, 4.69) is 29.2 Å². The molecule has 0 atom stereocenters. The molecule has 0 radical (unpaired) electrons. The highest BCUT2D eigenvalue weighted by Gasteiger charge is 2.25. The molecule has 1 heterocycles. The molecular weight excluding hydrogens is 290 g/mol. The fourth-order valence-corrected chi connectivity index (χ4v) is 2.98. The largest absolute Gasteiger partial charge is 0.466 e. The summed E-state index contributed by atoms with van der Waals surface area (Å²) in [6.07, 6.45) is 3.88. The Kier molecular flexibility index (Phi) is 8.12. The molecular formula is C19H29NO3. The maximum Gasteiger partial charge on any atom is 0.309 e. The van der Waals surface area contributed by atoms with E-state index in [0.29, 0.717) is 6.61 Å². The van der Waals surface area contributed by atoms with E-state index >= 15 is 0 Å². The average Bonchev–Trinajstić information content (AvgIpc) is 2.59. The molecule has 2 rings (SSSR count). The van der Waals surface area contributed by atoms with E-state index in [1.165, 1.54) is 5.56 Å². The molecule has 4 heteroatoms. The Balaban J connectivity index is 1.48. The Morgan fingerprint density at radius 3 is 2.61 bits per heavy atom. The summed E-state index contributed by atoms with van der Waals surface area (Å²) in [6.45, 7) is 6.99. The molecule has 1 aromatic carbocycles. The van der Waals surface area contributed by atoms with Crippen LogP contribution in [0.15, 0.2) is 30.3 Å². The zero-order valence-corrected chi connectivity index (χ0v) is 14.2. The summed E-state index contributed by atoms with van der Waals surface area (Å²) < 4.78 is 10.8. The summed E-state index contributed by atoms with van der Waals surface area (Å²) in [4.78, 5) is 14.1. The molecule has 23 heavy (non-hydrogen) atoms. The van der Waals surface area contributed by atoms with Gasteiger partial charge in [-0.3, -0.25) is 4.79 Å². The molecule has 0 spiro atoms. The van der Waals surface area contributed by atoms with Gasteiger partial charge in [0.15, 0.2) is 0 Å². The van der Waals surface area contributed by atoms with Gasteiger partial charge in [0.1, 0.15) is 0 Å². The second-order valence-corrected chi connectivity index (χ2v) is 6.07. The molecule has 4 nitrogen and oxygen atoms in total. The maximum atomic E-state index is 11.7. The molecule has 1 aliphatic rings. The minimum Gasteiger partial charge on any atom is -0.466 e. The minimum atomic E-state index is -0.0172. The van der Waals surface area contributed by atoms with Gasteiger partial charge in [-0.2, -0.15) is 0 Å². The SMILES string of the molecule is CCOC(=O)C1CCN(CCCOCCc2ccccc2)CC1. The van der Waals surface area contributed by atoms with Gasteiger partial charge in [0.25, 0.3) is 0 Å². The average molecular weight is 319 g/mol. The summed E-state index contributed by atoms with van der Waals surface area (Å²) >= 11 is 0. The van der Waals surface area contributed by atoms with E-state index in [1.807, 2.05) is 13.0 Å². The first-order valence-corrected chi connectivity index (χ1v) is 8.80. The molecule has 1 saturated heterocycles. The van der Waals surface area contributed by atoms with Gasteiger partial charge >= 0.3 is 5.97 Å². The van der Waals surface area contributed by atoms with E-state index in [4.69, 9.17) is 9.47 Å². The van der Waals surface area contributed by atoms with Crippen LogP contribution in [0, 0.1) is 5.92 Å². The molecule has 1 fully saturated rings. The first-order valence-electron chi connectivity index (χ1n) is 8.80. The van der Waals surface area contributed by atoms with Crippen molar-refractivity contribution in [2.75, 3.05) is 39.5 Å². The van der Waals surface area contributed by atoms with Crippen LogP contribution in [0.2, 0.25) is 0 Å². The van der Waals surface area contributed by atoms with Crippen LogP contribution in [-0.4, -0.2) is 50.3 Å². The van der Waals surface area contributed by atoms with Gasteiger partial charge in [-0.15, -0.1) is 0 Å². The zero-order chi connectivity index (χ0) is 16.3. The van der Waals surface area contributed by atoms with Crippen LogP contribution in [0.1, 0.15) is 31.7 Å². The quantitative estimate of drug-likeness (QED) is 0.518. The molecule has 0 N–H and O–H groups in total. The van der Waals surface area contributed by atoms with Crippen LogP contribution in [0.4, 0.5) is 0 Å². The van der Waals surface area contributed by atoms with E-state index in [1.54, 1.807) is 0 Å². The van der Waals surface area contributed by atoms with E-state index in [9.17, 15) is 4.79 Å². The second-order valence-electron chi connectivity index (χ2n) is 6.07. The number of piperidine rings is 1. The second kappa shape index (κ2) is 10.4. The fourth-order valence-electron chi connectivity index (χ4n) is 2.98. The lowest BCUT2D eigenvalue weighted by Crippen LogP contribution is -2.37. The highest BCUT2D eigenvalue weighted by molar-refractivity contribution is 5.72. The number of esters is 1. The standard InChI is InChI=1S/C19H29NO3/c1-2-23-19(21)18-9-13-20(14-10-18)12-6-15-22-16-11-17-7-4-3-5-8-17/h3-5,7-8,18H,2,6,9-16H2,1H3. The normalized spacial score (nSPS) is 16.4. The van der Waals surface area contributed by atoms with Gasteiger partial charge in [0, 0.05) is 13.2 Å². The molecule has 1 aliphatic heterocycles.